The first-order chi connectivity index (χ1) is 36.8. The van der Waals surface area contributed by atoms with Crippen molar-refractivity contribution in [1.29, 1.82) is 0 Å². The molecule has 0 bridgehead atoms. The number of thioether (sulfide) groups is 2. The predicted molar refractivity (Wildman–Crippen MR) is 303 cm³/mol. The quantitative estimate of drug-likeness (QED) is 0.0942. The van der Waals surface area contributed by atoms with E-state index in [0.717, 1.165) is 124 Å². The van der Waals surface area contributed by atoms with Crippen LogP contribution < -0.4 is 13.7 Å². The van der Waals surface area contributed by atoms with E-state index in [2.05, 4.69) is 9.80 Å². The molecule has 400 valence electrons. The summed E-state index contributed by atoms with van der Waals surface area (Å²) < 4.78 is 98.9. The summed E-state index contributed by atoms with van der Waals surface area (Å²) in [4.78, 5) is 5.73. The largest absolute Gasteiger partial charge is 0.508 e. The number of hydrogen-bond acceptors (Lipinski definition) is 10. The van der Waals surface area contributed by atoms with Gasteiger partial charge in [-0.25, -0.2) is 17.6 Å². The van der Waals surface area contributed by atoms with Gasteiger partial charge < -0.3 is 18.8 Å². The van der Waals surface area contributed by atoms with Crippen molar-refractivity contribution in [3.63, 3.8) is 0 Å². The smallest absolute Gasteiger partial charge is 0.306 e. The second-order valence-corrected chi connectivity index (χ2v) is 23.6. The van der Waals surface area contributed by atoms with Crippen molar-refractivity contribution in [2.24, 2.45) is 0 Å². The Hall–Kier alpha value is -5.94. The van der Waals surface area contributed by atoms with Gasteiger partial charge >= 0.3 is 10.1 Å². The number of piperidine rings is 2. The lowest BCUT2D eigenvalue weighted by molar-refractivity contribution is 0.183. The van der Waals surface area contributed by atoms with Gasteiger partial charge in [0.1, 0.15) is 59.5 Å². The minimum atomic E-state index is -3.69. The number of phenols is 1. The lowest BCUT2D eigenvalue weighted by Gasteiger charge is -2.29. The number of aromatic hydroxyl groups is 1. The van der Waals surface area contributed by atoms with Crippen molar-refractivity contribution in [1.82, 2.24) is 9.80 Å². The van der Waals surface area contributed by atoms with Crippen LogP contribution in [0, 0.1) is 23.3 Å². The molecule has 4 aliphatic heterocycles. The third kappa shape index (κ3) is 12.2. The Labute approximate surface area is 461 Å². The van der Waals surface area contributed by atoms with Crippen LogP contribution in [0.2, 0.25) is 0 Å². The molecule has 8 nitrogen and oxygen atoms in total. The molecule has 16 heteroatoms. The van der Waals surface area contributed by atoms with Gasteiger partial charge in [0.15, 0.2) is 0 Å². The van der Waals surface area contributed by atoms with E-state index in [1.54, 1.807) is 30.3 Å². The summed E-state index contributed by atoms with van der Waals surface area (Å²) in [5, 5.41) is 13.0. The van der Waals surface area contributed by atoms with Crippen LogP contribution >= 0.6 is 35.9 Å². The molecule has 2 saturated heterocycles. The third-order valence-electron chi connectivity index (χ3n) is 14.5. The Morgan fingerprint density at radius 3 is 1.40 bits per heavy atom. The topological polar surface area (TPSA) is 88.5 Å². The van der Waals surface area contributed by atoms with Crippen LogP contribution in [0.3, 0.4) is 0 Å². The minimum absolute atomic E-state index is 0. The zero-order valence-electron chi connectivity index (χ0n) is 42.3. The van der Waals surface area contributed by atoms with Gasteiger partial charge in [0.05, 0.1) is 26.5 Å². The number of rotatable bonds is 12. The average Bonchev–Trinajstić information content (AvgIpc) is 3.51. The fraction of sp³-hybridized carbons (Fsp3) is 0.279. The number of halogens is 5. The van der Waals surface area contributed by atoms with E-state index in [9.17, 15) is 26.7 Å². The summed E-state index contributed by atoms with van der Waals surface area (Å²) in [6, 6.07) is 38.3. The second kappa shape index (κ2) is 23.6. The van der Waals surface area contributed by atoms with Gasteiger partial charge in [-0.2, -0.15) is 8.42 Å². The zero-order valence-corrected chi connectivity index (χ0v) is 45.5. The number of hydrogen-bond donors (Lipinski definition) is 1. The van der Waals surface area contributed by atoms with Crippen LogP contribution in [0.4, 0.5) is 17.6 Å². The number of phenolic OH excluding ortho intramolecular Hbond substituents is 1. The molecule has 4 aliphatic rings. The third-order valence-corrected chi connectivity index (χ3v) is 17.8. The maximum Gasteiger partial charge on any atom is 0.306 e. The van der Waals surface area contributed by atoms with Gasteiger partial charge in [0, 0.05) is 36.3 Å². The minimum Gasteiger partial charge on any atom is -0.508 e. The zero-order chi connectivity index (χ0) is 52.5. The standard InChI is InChI=1S/C31H29F2NO4S2.C30H27F2NO2S.ClH/c1-40(35,36)38-24-10-12-25-21(17-24)7-11-26-27-18-22(32)19-28(33)31(27)39-30(29(25)26)20-5-8-23(9-6-20)37-16-15-34-13-3-2-4-14-34;31-21-17-26-25-10-6-20-16-22(34)7-11-24(20)28(25)29(36-30(26)27(32)18-21)19-4-8-23(9-5-19)35-15-14-33-12-2-1-3-13-33;/h5-12,17-19,30H,2-4,13-16H2,1H3;4-11,16-18,29,34H,1-3,12-15H2;1H. The fourth-order valence-corrected chi connectivity index (χ4v) is 14.1. The van der Waals surface area contributed by atoms with Gasteiger partial charge in [-0.05, 0) is 167 Å². The lowest BCUT2D eigenvalue weighted by atomic mass is 9.89. The van der Waals surface area contributed by atoms with E-state index >= 15 is 4.39 Å². The van der Waals surface area contributed by atoms with Crippen molar-refractivity contribution in [3.8, 4) is 45.3 Å². The van der Waals surface area contributed by atoms with E-state index in [1.807, 2.05) is 78.9 Å². The normalized spacial score (nSPS) is 17.2. The summed E-state index contributed by atoms with van der Waals surface area (Å²) >= 11 is 2.74. The maximum absolute atomic E-state index is 15.0. The number of ether oxygens (including phenoxy) is 2. The number of fused-ring (bicyclic) bond motifs is 10. The van der Waals surface area contributed by atoms with E-state index in [1.165, 1.54) is 74.2 Å². The molecule has 0 aromatic heterocycles. The van der Waals surface area contributed by atoms with Crippen molar-refractivity contribution in [2.45, 2.75) is 58.8 Å². The number of likely N-dealkylation sites (tertiary alicyclic amines) is 2. The molecule has 0 spiro atoms. The summed E-state index contributed by atoms with van der Waals surface area (Å²) in [5.74, 6) is -0.384. The molecule has 0 saturated carbocycles. The predicted octanol–water partition coefficient (Wildman–Crippen LogP) is 15.2. The average molecular weight is 1120 g/mol. The SMILES string of the molecule is CS(=O)(=O)Oc1ccc2c3c(ccc2c1)-c1cc(F)cc(F)c1SC3c1ccc(OCCN2CCCCC2)cc1.Cl.Oc1ccc2c3c(ccc2c1)-c1cc(F)cc(F)c1SC3c1ccc(OCCN2CCCCC2)cc1. The van der Waals surface area contributed by atoms with Crippen LogP contribution in [-0.4, -0.2) is 82.1 Å². The molecule has 12 rings (SSSR count). The van der Waals surface area contributed by atoms with Crippen LogP contribution in [0.25, 0.3) is 43.8 Å². The van der Waals surface area contributed by atoms with Gasteiger partial charge in [-0.1, -0.05) is 73.5 Å². The highest BCUT2D eigenvalue weighted by atomic mass is 35.5. The van der Waals surface area contributed by atoms with E-state index in [-0.39, 0.29) is 34.4 Å². The molecule has 77 heavy (non-hydrogen) atoms. The van der Waals surface area contributed by atoms with E-state index in [4.69, 9.17) is 13.7 Å². The first-order valence-electron chi connectivity index (χ1n) is 25.8. The highest BCUT2D eigenvalue weighted by molar-refractivity contribution is 8.00. The van der Waals surface area contributed by atoms with Gasteiger partial charge in [0.2, 0.25) is 0 Å². The monoisotopic (exact) mass is 1120 g/mol. The van der Waals surface area contributed by atoms with Gasteiger partial charge in [-0.3, -0.25) is 9.80 Å². The highest BCUT2D eigenvalue weighted by Crippen LogP contribution is 2.57. The molecule has 8 aromatic carbocycles. The summed E-state index contributed by atoms with van der Waals surface area (Å²) in [5.41, 5.74) is 6.49. The molecular formula is C61H57ClF4N2O6S3. The Kier molecular flexibility index (Phi) is 16.7. The molecule has 4 heterocycles. The van der Waals surface area contributed by atoms with E-state index in [0.29, 0.717) is 34.1 Å². The van der Waals surface area contributed by atoms with Crippen molar-refractivity contribution in [2.75, 3.05) is 58.7 Å². The second-order valence-electron chi connectivity index (χ2n) is 19.8. The number of benzene rings is 8. The Balaban J connectivity index is 0.000000173. The molecule has 8 aromatic rings. The summed E-state index contributed by atoms with van der Waals surface area (Å²) in [6.07, 6.45) is 8.63. The summed E-state index contributed by atoms with van der Waals surface area (Å²) in [7, 11) is -3.69. The van der Waals surface area contributed by atoms with Crippen molar-refractivity contribution < 1.29 is 44.7 Å². The first kappa shape index (κ1) is 54.4. The molecule has 2 fully saturated rings. The molecular weight excluding hydrogens is 1060 g/mol. The molecule has 0 amide bonds. The lowest BCUT2D eigenvalue weighted by Crippen LogP contribution is -2.33. The molecule has 2 unspecified atom stereocenters. The Bertz CT molecular complexity index is 3560. The van der Waals surface area contributed by atoms with Crippen LogP contribution in [0.5, 0.6) is 23.0 Å². The number of nitrogens with zero attached hydrogens (tertiary/aromatic N) is 2. The fourth-order valence-electron chi connectivity index (χ4n) is 10.9. The molecule has 2 atom stereocenters. The van der Waals surface area contributed by atoms with Gasteiger partial charge in [-0.15, -0.1) is 35.9 Å². The summed E-state index contributed by atoms with van der Waals surface area (Å²) in [6.45, 7) is 7.64. The Morgan fingerprint density at radius 1 is 0.519 bits per heavy atom. The van der Waals surface area contributed by atoms with E-state index < -0.39 is 33.4 Å². The van der Waals surface area contributed by atoms with Crippen LogP contribution in [0.15, 0.2) is 143 Å². The molecule has 1 N–H and O–H groups in total. The van der Waals surface area contributed by atoms with Crippen molar-refractivity contribution >= 4 is 67.6 Å². The molecule has 0 radical (unpaired) electrons. The highest BCUT2D eigenvalue weighted by Gasteiger charge is 2.33. The maximum atomic E-state index is 15.0. The Morgan fingerprint density at radius 2 is 0.948 bits per heavy atom. The molecule has 0 aliphatic carbocycles. The van der Waals surface area contributed by atoms with Gasteiger partial charge in [0.25, 0.3) is 0 Å². The van der Waals surface area contributed by atoms with Crippen LogP contribution in [-0.2, 0) is 10.1 Å². The van der Waals surface area contributed by atoms with Crippen molar-refractivity contribution in [3.05, 3.63) is 179 Å². The first-order valence-corrected chi connectivity index (χ1v) is 29.3. The van der Waals surface area contributed by atoms with Crippen LogP contribution in [0.1, 0.15) is 71.3 Å².